The zero-order valence-corrected chi connectivity index (χ0v) is 18.0. The van der Waals surface area contributed by atoms with Gasteiger partial charge in [-0.05, 0) is 60.2 Å². The molecule has 0 aliphatic carbocycles. The number of amides is 1. The number of pyridine rings is 1. The van der Waals surface area contributed by atoms with Crippen LogP contribution < -0.4 is 14.4 Å². The van der Waals surface area contributed by atoms with E-state index in [0.717, 1.165) is 0 Å². The van der Waals surface area contributed by atoms with Crippen molar-refractivity contribution in [1.82, 2.24) is 4.98 Å². The van der Waals surface area contributed by atoms with E-state index in [0.29, 0.717) is 28.3 Å². The highest BCUT2D eigenvalue weighted by Gasteiger charge is 2.47. The number of hydrogen-bond donors (Lipinski definition) is 1. The molecule has 1 amide bonds. The van der Waals surface area contributed by atoms with Crippen LogP contribution in [0, 0.1) is 0 Å². The molecule has 0 bridgehead atoms. The summed E-state index contributed by atoms with van der Waals surface area (Å²) in [6, 6.07) is 13.9. The Balaban J connectivity index is 1.90. The topological polar surface area (TPSA) is 89.0 Å². The van der Waals surface area contributed by atoms with E-state index in [1.165, 1.54) is 25.2 Å². The van der Waals surface area contributed by atoms with Gasteiger partial charge in [0.25, 0.3) is 11.7 Å². The molecule has 1 fully saturated rings. The van der Waals surface area contributed by atoms with Crippen LogP contribution in [-0.4, -0.2) is 36.0 Å². The van der Waals surface area contributed by atoms with Gasteiger partial charge in [-0.1, -0.05) is 11.6 Å². The van der Waals surface area contributed by atoms with E-state index < -0.39 is 17.7 Å². The maximum absolute atomic E-state index is 13.1. The summed E-state index contributed by atoms with van der Waals surface area (Å²) in [5.74, 6) is -0.845. The Kier molecular flexibility index (Phi) is 5.83. The van der Waals surface area contributed by atoms with E-state index in [1.807, 2.05) is 0 Å². The summed E-state index contributed by atoms with van der Waals surface area (Å²) in [6.07, 6.45) is 3.13. The first kappa shape index (κ1) is 21.4. The number of Topliss-reactive ketones (excluding diaryl/α,β-unsaturated/α-hetero) is 1. The molecule has 162 valence electrons. The van der Waals surface area contributed by atoms with Crippen LogP contribution in [-0.2, 0) is 9.59 Å². The lowest BCUT2D eigenvalue weighted by Gasteiger charge is -2.25. The largest absolute Gasteiger partial charge is 0.507 e. The molecule has 1 N–H and O–H groups in total. The fourth-order valence-corrected chi connectivity index (χ4v) is 3.93. The number of rotatable bonds is 5. The van der Waals surface area contributed by atoms with Gasteiger partial charge in [0.2, 0.25) is 0 Å². The average molecular weight is 451 g/mol. The molecule has 4 rings (SSSR count). The number of aliphatic hydroxyl groups is 1. The van der Waals surface area contributed by atoms with Gasteiger partial charge in [0.15, 0.2) is 0 Å². The number of aromatic nitrogens is 1. The van der Waals surface area contributed by atoms with E-state index in [2.05, 4.69) is 4.98 Å². The molecular weight excluding hydrogens is 432 g/mol. The predicted molar refractivity (Wildman–Crippen MR) is 120 cm³/mol. The summed E-state index contributed by atoms with van der Waals surface area (Å²) >= 11 is 6.21. The van der Waals surface area contributed by atoms with Crippen LogP contribution in [0.2, 0.25) is 5.02 Å². The molecular formula is C24H19ClN2O5. The molecule has 0 spiro atoms. The lowest BCUT2D eigenvalue weighted by atomic mass is 9.95. The summed E-state index contributed by atoms with van der Waals surface area (Å²) in [6.45, 7) is 0. The van der Waals surface area contributed by atoms with Crippen molar-refractivity contribution in [1.29, 1.82) is 0 Å². The van der Waals surface area contributed by atoms with Crippen molar-refractivity contribution in [3.8, 4) is 11.5 Å². The Morgan fingerprint density at radius 3 is 2.28 bits per heavy atom. The van der Waals surface area contributed by atoms with Crippen molar-refractivity contribution in [3.63, 3.8) is 0 Å². The number of ether oxygens (including phenoxy) is 2. The predicted octanol–water partition coefficient (Wildman–Crippen LogP) is 4.38. The number of aliphatic hydroxyl groups excluding tert-OH is 1. The van der Waals surface area contributed by atoms with Gasteiger partial charge in [-0.3, -0.25) is 19.5 Å². The highest BCUT2D eigenvalue weighted by Crippen LogP contribution is 2.42. The fourth-order valence-electron chi connectivity index (χ4n) is 3.67. The second-order valence-electron chi connectivity index (χ2n) is 7.00. The quantitative estimate of drug-likeness (QED) is 0.352. The maximum Gasteiger partial charge on any atom is 0.300 e. The van der Waals surface area contributed by atoms with Gasteiger partial charge in [0, 0.05) is 23.6 Å². The van der Waals surface area contributed by atoms with Gasteiger partial charge >= 0.3 is 0 Å². The number of halogens is 1. The number of nitrogens with zero attached hydrogens (tertiary/aromatic N) is 2. The Bertz CT molecular complexity index is 1210. The summed E-state index contributed by atoms with van der Waals surface area (Å²) in [7, 11) is 3.02. The Morgan fingerprint density at radius 2 is 1.69 bits per heavy atom. The number of carbonyl (C=O) groups excluding carboxylic acids is 2. The highest BCUT2D eigenvalue weighted by atomic mass is 35.5. The summed E-state index contributed by atoms with van der Waals surface area (Å²) in [5.41, 5.74) is 1.36. The molecule has 32 heavy (non-hydrogen) atoms. The summed E-state index contributed by atoms with van der Waals surface area (Å²) < 4.78 is 10.3. The van der Waals surface area contributed by atoms with Crippen LogP contribution in [0.4, 0.5) is 5.69 Å². The van der Waals surface area contributed by atoms with E-state index in [1.54, 1.807) is 60.9 Å². The molecule has 1 aliphatic rings. The Morgan fingerprint density at radius 1 is 1.00 bits per heavy atom. The average Bonchev–Trinajstić information content (AvgIpc) is 3.09. The highest BCUT2D eigenvalue weighted by molar-refractivity contribution is 6.51. The molecule has 0 radical (unpaired) electrons. The summed E-state index contributed by atoms with van der Waals surface area (Å²) in [5, 5.41) is 11.4. The van der Waals surface area contributed by atoms with Crippen molar-refractivity contribution in [2.45, 2.75) is 6.04 Å². The lowest BCUT2D eigenvalue weighted by Crippen LogP contribution is -2.29. The molecule has 0 saturated carbocycles. The van der Waals surface area contributed by atoms with Crippen LogP contribution in [0.5, 0.6) is 11.5 Å². The second kappa shape index (κ2) is 8.72. The number of carbonyl (C=O) groups is 2. The number of methoxy groups -OCH3 is 2. The lowest BCUT2D eigenvalue weighted by molar-refractivity contribution is -0.132. The van der Waals surface area contributed by atoms with Crippen molar-refractivity contribution in [2.75, 3.05) is 19.1 Å². The molecule has 2 heterocycles. The van der Waals surface area contributed by atoms with Crippen molar-refractivity contribution < 1.29 is 24.2 Å². The van der Waals surface area contributed by atoms with Crippen molar-refractivity contribution >= 4 is 34.7 Å². The van der Waals surface area contributed by atoms with Crippen LogP contribution >= 0.6 is 11.6 Å². The smallest absolute Gasteiger partial charge is 0.300 e. The minimum absolute atomic E-state index is 0.0433. The van der Waals surface area contributed by atoms with Crippen LogP contribution in [0.25, 0.3) is 5.76 Å². The fraction of sp³-hybridized carbons (Fsp3) is 0.125. The van der Waals surface area contributed by atoms with Gasteiger partial charge in [-0.25, -0.2) is 0 Å². The minimum atomic E-state index is -0.854. The zero-order valence-electron chi connectivity index (χ0n) is 17.3. The molecule has 1 aromatic heterocycles. The van der Waals surface area contributed by atoms with Crippen molar-refractivity contribution in [3.05, 3.63) is 88.7 Å². The van der Waals surface area contributed by atoms with Crippen molar-refractivity contribution in [2.24, 2.45) is 0 Å². The van der Waals surface area contributed by atoms with Gasteiger partial charge in [-0.15, -0.1) is 0 Å². The molecule has 1 atom stereocenters. The first-order chi connectivity index (χ1) is 15.5. The molecule has 7 nitrogen and oxygen atoms in total. The first-order valence-electron chi connectivity index (χ1n) is 9.65. The first-order valence-corrected chi connectivity index (χ1v) is 10.0. The molecule has 1 unspecified atom stereocenters. The van der Waals surface area contributed by atoms with E-state index in [4.69, 9.17) is 21.1 Å². The molecule has 2 aromatic carbocycles. The SMILES string of the molecule is COc1ccc(N2C(=O)C(=O)/C(=C(\O)c3ccc(OC)c(Cl)c3)C2c2ccncc2)cc1. The summed E-state index contributed by atoms with van der Waals surface area (Å²) in [4.78, 5) is 31.6. The zero-order chi connectivity index (χ0) is 22.8. The maximum atomic E-state index is 13.1. The van der Waals surface area contributed by atoms with Gasteiger partial charge in [-0.2, -0.15) is 0 Å². The molecule has 1 saturated heterocycles. The normalized spacial score (nSPS) is 17.5. The number of anilines is 1. The second-order valence-corrected chi connectivity index (χ2v) is 7.40. The van der Waals surface area contributed by atoms with E-state index >= 15 is 0 Å². The molecule has 3 aromatic rings. The van der Waals surface area contributed by atoms with Crippen LogP contribution in [0.3, 0.4) is 0 Å². The minimum Gasteiger partial charge on any atom is -0.507 e. The molecule has 8 heteroatoms. The third kappa shape index (κ3) is 3.67. The number of ketones is 1. The monoisotopic (exact) mass is 450 g/mol. The van der Waals surface area contributed by atoms with Gasteiger partial charge < -0.3 is 14.6 Å². The van der Waals surface area contributed by atoms with Gasteiger partial charge in [0.05, 0.1) is 30.9 Å². The number of hydrogen-bond acceptors (Lipinski definition) is 6. The van der Waals surface area contributed by atoms with E-state index in [9.17, 15) is 14.7 Å². The third-order valence-corrected chi connectivity index (χ3v) is 5.54. The Labute approximate surface area is 189 Å². The number of benzene rings is 2. The third-order valence-electron chi connectivity index (χ3n) is 5.24. The van der Waals surface area contributed by atoms with Gasteiger partial charge in [0.1, 0.15) is 17.3 Å². The van der Waals surface area contributed by atoms with Crippen LogP contribution in [0.15, 0.2) is 72.6 Å². The standard InChI is InChI=1S/C24H19ClN2O5/c1-31-17-6-4-16(5-7-17)27-21(14-9-11-26-12-10-14)20(23(29)24(27)30)22(28)15-3-8-19(32-2)18(25)13-15/h3-13,21,28H,1-2H3/b22-20-. The van der Waals surface area contributed by atoms with Crippen LogP contribution in [0.1, 0.15) is 17.2 Å². The molecule has 1 aliphatic heterocycles. The Hall–Kier alpha value is -3.84. The van der Waals surface area contributed by atoms with E-state index in [-0.39, 0.29) is 16.4 Å².